The summed E-state index contributed by atoms with van der Waals surface area (Å²) in [6.45, 7) is 26.8. The van der Waals surface area contributed by atoms with Gasteiger partial charge < -0.3 is 37.9 Å². The average molecular weight is 993 g/mol. The van der Waals surface area contributed by atoms with Crippen molar-refractivity contribution in [2.75, 3.05) is 13.2 Å². The van der Waals surface area contributed by atoms with Crippen LogP contribution in [-0.2, 0) is 57.1 Å². The number of carbonyl (C=O) groups is 4. The number of rotatable bonds is 20. The van der Waals surface area contributed by atoms with E-state index in [0.717, 1.165) is 48.0 Å². The maximum atomic E-state index is 11.6. The van der Waals surface area contributed by atoms with Gasteiger partial charge in [0.15, 0.2) is 12.6 Å². The quantitative estimate of drug-likeness (QED) is 0.0496. The molecule has 0 aromatic carbocycles. The van der Waals surface area contributed by atoms with E-state index in [0.29, 0.717) is 0 Å². The van der Waals surface area contributed by atoms with Crippen LogP contribution in [0, 0.1) is 10.8 Å². The zero-order valence-corrected chi connectivity index (χ0v) is 45.2. The fourth-order valence-corrected chi connectivity index (χ4v) is 9.31. The molecule has 0 bridgehead atoms. The van der Waals surface area contributed by atoms with Crippen molar-refractivity contribution in [3.05, 3.63) is 154 Å². The highest BCUT2D eigenvalue weighted by Crippen LogP contribution is 2.44. The third kappa shape index (κ3) is 20.1. The molecule has 0 saturated carbocycles. The highest BCUT2D eigenvalue weighted by atomic mass is 16.7. The first kappa shape index (κ1) is 58.9. The van der Waals surface area contributed by atoms with Gasteiger partial charge >= 0.3 is 23.9 Å². The highest BCUT2D eigenvalue weighted by Gasteiger charge is 2.39. The molecule has 392 valence electrons. The third-order valence-corrected chi connectivity index (χ3v) is 12.6. The van der Waals surface area contributed by atoms with Crippen molar-refractivity contribution in [1.29, 1.82) is 0 Å². The number of hydrogen-bond donors (Lipinski definition) is 0. The van der Waals surface area contributed by atoms with Crippen LogP contribution in [0.5, 0.6) is 0 Å². The minimum absolute atomic E-state index is 0.0421. The molecule has 4 rings (SSSR count). The lowest BCUT2D eigenvalue weighted by atomic mass is 9.71. The second-order valence-electron chi connectivity index (χ2n) is 20.5. The fourth-order valence-electron chi connectivity index (χ4n) is 9.31. The number of carbonyl (C=O) groups excluding carboxylic acids is 4. The number of esters is 4. The fraction of sp³-hybridized carbons (Fsp3) is 0.500. The Morgan fingerprint density at radius 2 is 0.861 bits per heavy atom. The molecule has 0 aromatic rings. The molecule has 72 heavy (non-hydrogen) atoms. The van der Waals surface area contributed by atoms with Crippen LogP contribution in [-0.4, -0.2) is 86.3 Å². The Labute approximate surface area is 429 Å². The molecule has 12 heteroatoms. The summed E-state index contributed by atoms with van der Waals surface area (Å²) >= 11 is 0. The van der Waals surface area contributed by atoms with Gasteiger partial charge in [-0.1, -0.05) is 146 Å². The number of ether oxygens (including phenoxy) is 8. The molecule has 8 atom stereocenters. The van der Waals surface area contributed by atoms with Gasteiger partial charge in [0, 0.05) is 27.7 Å². The van der Waals surface area contributed by atoms with Crippen molar-refractivity contribution in [1.82, 2.24) is 0 Å². The van der Waals surface area contributed by atoms with Crippen molar-refractivity contribution >= 4 is 23.9 Å². The number of allylic oxidation sites excluding steroid dienone is 20. The summed E-state index contributed by atoms with van der Waals surface area (Å²) in [5.41, 5.74) is 9.35. The normalized spacial score (nSPS) is 27.5. The smallest absolute Gasteiger partial charge is 0.303 e. The van der Waals surface area contributed by atoms with Crippen molar-refractivity contribution in [2.45, 2.75) is 172 Å². The van der Waals surface area contributed by atoms with Crippen LogP contribution in [0.1, 0.15) is 123 Å². The minimum Gasteiger partial charge on any atom is -0.463 e. The summed E-state index contributed by atoms with van der Waals surface area (Å²) in [7, 11) is 0. The zero-order valence-electron chi connectivity index (χ0n) is 45.2. The van der Waals surface area contributed by atoms with Gasteiger partial charge in [-0.2, -0.15) is 0 Å². The first-order chi connectivity index (χ1) is 33.9. The van der Waals surface area contributed by atoms with E-state index in [1.807, 2.05) is 12.2 Å². The SMILES string of the molecule is CC(=O)OC[C@H]1O[C@H](O[C@@H]2CC(C)=C(/C=C/C(C)=C/C=C/C(C)=C/C=C/C=C(C)/C=C/C=C(C)/C=C/C3=C(C)C[C@@H](O[C@@H]4C=C[C@H](OC(C)=O)[C@@H](COC(C)=O)O4)CC3(C)C)C(C)(C)C2)C=C[C@@H]1OC(C)=O. The van der Waals surface area contributed by atoms with Gasteiger partial charge in [0.2, 0.25) is 0 Å². The Hall–Kier alpha value is -5.66. The molecule has 0 aromatic heterocycles. The molecule has 2 aliphatic carbocycles. The van der Waals surface area contributed by atoms with E-state index >= 15 is 0 Å². The van der Waals surface area contributed by atoms with Crippen LogP contribution in [0.4, 0.5) is 0 Å². The Bertz CT molecular complexity index is 2190. The topological polar surface area (TPSA) is 142 Å². The second kappa shape index (κ2) is 28.0. The van der Waals surface area contributed by atoms with Crippen molar-refractivity contribution in [2.24, 2.45) is 10.8 Å². The predicted octanol–water partition coefficient (Wildman–Crippen LogP) is 12.1. The largest absolute Gasteiger partial charge is 0.463 e. The summed E-state index contributed by atoms with van der Waals surface area (Å²) in [5, 5.41) is 0. The summed E-state index contributed by atoms with van der Waals surface area (Å²) < 4.78 is 46.0. The molecule has 2 heterocycles. The maximum absolute atomic E-state index is 11.6. The Morgan fingerprint density at radius 1 is 0.514 bits per heavy atom. The second-order valence-corrected chi connectivity index (χ2v) is 20.5. The molecular weight excluding hydrogens is 913 g/mol. The van der Waals surface area contributed by atoms with E-state index in [1.165, 1.54) is 50.0 Å². The molecular formula is C60H80O12. The van der Waals surface area contributed by atoms with E-state index in [9.17, 15) is 19.2 Å². The lowest BCUT2D eigenvalue weighted by Crippen LogP contribution is -2.43. The lowest BCUT2D eigenvalue weighted by Gasteiger charge is -2.40. The monoisotopic (exact) mass is 993 g/mol. The molecule has 0 N–H and O–H groups in total. The van der Waals surface area contributed by atoms with Gasteiger partial charge in [-0.3, -0.25) is 19.2 Å². The molecule has 0 saturated heterocycles. The van der Waals surface area contributed by atoms with Gasteiger partial charge in [-0.25, -0.2) is 0 Å². The first-order valence-electron chi connectivity index (χ1n) is 25.0. The van der Waals surface area contributed by atoms with Gasteiger partial charge in [0.1, 0.15) is 37.6 Å². The van der Waals surface area contributed by atoms with Crippen LogP contribution in [0.25, 0.3) is 0 Å². The van der Waals surface area contributed by atoms with Crippen LogP contribution >= 0.6 is 0 Å². The molecule has 0 amide bonds. The molecule has 2 aliphatic heterocycles. The lowest BCUT2D eigenvalue weighted by molar-refractivity contribution is -0.212. The van der Waals surface area contributed by atoms with Crippen molar-refractivity contribution in [3.8, 4) is 0 Å². The van der Waals surface area contributed by atoms with Crippen molar-refractivity contribution < 1.29 is 57.1 Å². The Balaban J connectivity index is 1.25. The molecule has 12 nitrogen and oxygen atoms in total. The van der Waals surface area contributed by atoms with Crippen molar-refractivity contribution in [3.63, 3.8) is 0 Å². The standard InChI is InChI=1S/C60H80O12/c1-39(21-17-23-41(3)25-27-51-43(5)33-49(35-59(51,11)12)69-57-31-29-53(67-47(9)63)55(71-57)37-65-45(7)61)19-15-16-20-40(2)22-18-24-42(4)26-28-52-44(6)34-50(36-60(52,13)14)70-58-32-30-54(68-48(10)64)56(72-58)38-66-46(8)62/h15-32,49-50,53-58H,33-38H2,1-14H3/b16-15+,21-17+,22-18+,27-25+,28-26+,39-19+,40-20+,41-23+,42-24+/t49-,50-,53+,54+,55-,56-,57+,58+/m1/s1. The minimum atomic E-state index is -0.662. The Kier molecular flexibility index (Phi) is 22.9. The molecule has 4 aliphatic rings. The molecule has 0 spiro atoms. The van der Waals surface area contributed by atoms with Crippen LogP contribution < -0.4 is 0 Å². The molecule has 0 radical (unpaired) electrons. The Morgan fingerprint density at radius 3 is 1.19 bits per heavy atom. The summed E-state index contributed by atoms with van der Waals surface area (Å²) in [6.07, 6.45) is 35.6. The van der Waals surface area contributed by atoms with E-state index in [2.05, 4.69) is 142 Å². The van der Waals surface area contributed by atoms with E-state index < -0.39 is 60.9 Å². The first-order valence-corrected chi connectivity index (χ1v) is 25.0. The maximum Gasteiger partial charge on any atom is 0.303 e. The van der Waals surface area contributed by atoms with Gasteiger partial charge in [-0.15, -0.1) is 0 Å². The van der Waals surface area contributed by atoms with E-state index in [4.69, 9.17) is 37.9 Å². The summed E-state index contributed by atoms with van der Waals surface area (Å²) in [4.78, 5) is 46.2. The number of hydrogen-bond acceptors (Lipinski definition) is 12. The summed E-state index contributed by atoms with van der Waals surface area (Å²) in [6, 6.07) is 0. The van der Waals surface area contributed by atoms with Crippen LogP contribution in [0.3, 0.4) is 0 Å². The van der Waals surface area contributed by atoms with Gasteiger partial charge in [-0.05, 0) is 114 Å². The van der Waals surface area contributed by atoms with E-state index in [1.54, 1.807) is 24.3 Å². The highest BCUT2D eigenvalue weighted by molar-refractivity contribution is 5.67. The third-order valence-electron chi connectivity index (χ3n) is 12.6. The van der Waals surface area contributed by atoms with Crippen LogP contribution in [0.15, 0.2) is 154 Å². The summed E-state index contributed by atoms with van der Waals surface area (Å²) in [5.74, 6) is -1.76. The van der Waals surface area contributed by atoms with Crippen LogP contribution in [0.2, 0.25) is 0 Å². The zero-order chi connectivity index (χ0) is 53.2. The van der Waals surface area contributed by atoms with Gasteiger partial charge in [0.25, 0.3) is 0 Å². The molecule has 0 unspecified atom stereocenters. The molecule has 0 fully saturated rings. The average Bonchev–Trinajstić information content (AvgIpc) is 3.26. The van der Waals surface area contributed by atoms with Gasteiger partial charge in [0.05, 0.1) is 12.2 Å². The van der Waals surface area contributed by atoms with E-state index in [-0.39, 0.29) is 36.3 Å². The predicted molar refractivity (Wildman–Crippen MR) is 282 cm³/mol.